The molecule has 2 N–H and O–H groups in total. The number of aromatic nitrogens is 1. The minimum Gasteiger partial charge on any atom is -0.361 e. The van der Waals surface area contributed by atoms with E-state index >= 15 is 0 Å². The van der Waals surface area contributed by atoms with Gasteiger partial charge in [-0.05, 0) is 19.4 Å². The maximum absolute atomic E-state index is 12.1. The molecular formula is C12H18N4O2. The molecule has 2 amide bonds. The lowest BCUT2D eigenvalue weighted by atomic mass is 9.98. The lowest BCUT2D eigenvalue weighted by Crippen LogP contribution is -2.34. The van der Waals surface area contributed by atoms with Crippen LogP contribution in [-0.2, 0) is 6.42 Å². The molecule has 6 heteroatoms. The Hall–Kier alpha value is -1.56. The highest BCUT2D eigenvalue weighted by atomic mass is 16.5. The van der Waals surface area contributed by atoms with Crippen LogP contribution < -0.4 is 5.73 Å². The molecule has 3 heterocycles. The first-order valence-electron chi connectivity index (χ1n) is 6.39. The van der Waals surface area contributed by atoms with Gasteiger partial charge in [0.05, 0.1) is 12.1 Å². The smallest absolute Gasteiger partial charge is 0.320 e. The molecule has 2 fully saturated rings. The standard InChI is InChI=1S/C12H18N4O2/c1-15-8-2-3-11(16(7-8)12(15)17)10-6-9(4-5-13)18-14-10/h6,8,11H,2-5,7,13H2,1H3/t8-,11+/m1/s1. The maximum Gasteiger partial charge on any atom is 0.320 e. The summed E-state index contributed by atoms with van der Waals surface area (Å²) in [5.41, 5.74) is 6.35. The van der Waals surface area contributed by atoms with Gasteiger partial charge < -0.3 is 20.1 Å². The topological polar surface area (TPSA) is 75.6 Å². The summed E-state index contributed by atoms with van der Waals surface area (Å²) in [4.78, 5) is 15.8. The van der Waals surface area contributed by atoms with Crippen LogP contribution in [0.2, 0.25) is 0 Å². The maximum atomic E-state index is 12.1. The zero-order valence-corrected chi connectivity index (χ0v) is 10.5. The van der Waals surface area contributed by atoms with Crippen molar-refractivity contribution in [2.24, 2.45) is 5.73 Å². The molecule has 0 aromatic carbocycles. The average Bonchev–Trinajstić information content (AvgIpc) is 2.92. The minimum absolute atomic E-state index is 0.0639. The number of fused-ring (bicyclic) bond motifs is 2. The predicted octanol–water partition coefficient (Wildman–Crippen LogP) is 0.747. The number of carbonyl (C=O) groups is 1. The van der Waals surface area contributed by atoms with E-state index in [-0.39, 0.29) is 12.1 Å². The van der Waals surface area contributed by atoms with Crippen molar-refractivity contribution < 1.29 is 9.32 Å². The number of amides is 2. The van der Waals surface area contributed by atoms with Gasteiger partial charge in [0.15, 0.2) is 0 Å². The van der Waals surface area contributed by atoms with Crippen LogP contribution >= 0.6 is 0 Å². The summed E-state index contributed by atoms with van der Waals surface area (Å²) in [6, 6.07) is 2.47. The van der Waals surface area contributed by atoms with E-state index < -0.39 is 0 Å². The number of urea groups is 1. The third-order valence-corrected chi connectivity index (χ3v) is 3.96. The summed E-state index contributed by atoms with van der Waals surface area (Å²) >= 11 is 0. The molecule has 0 radical (unpaired) electrons. The highest BCUT2D eigenvalue weighted by Crippen LogP contribution is 2.37. The monoisotopic (exact) mass is 250 g/mol. The Balaban J connectivity index is 1.81. The Morgan fingerprint density at radius 3 is 3.17 bits per heavy atom. The van der Waals surface area contributed by atoms with Crippen molar-refractivity contribution in [3.8, 4) is 0 Å². The summed E-state index contributed by atoms with van der Waals surface area (Å²) < 4.78 is 5.25. The number of hydrogen-bond acceptors (Lipinski definition) is 4. The summed E-state index contributed by atoms with van der Waals surface area (Å²) in [7, 11) is 1.87. The highest BCUT2D eigenvalue weighted by Gasteiger charge is 2.43. The number of piperidine rings is 1. The number of carbonyl (C=O) groups excluding carboxylic acids is 1. The molecule has 0 saturated carbocycles. The summed E-state index contributed by atoms with van der Waals surface area (Å²) in [5.74, 6) is 0.801. The summed E-state index contributed by atoms with van der Waals surface area (Å²) in [6.45, 7) is 1.35. The van der Waals surface area contributed by atoms with E-state index in [0.717, 1.165) is 30.8 Å². The summed E-state index contributed by atoms with van der Waals surface area (Å²) in [5, 5.41) is 4.09. The van der Waals surface area contributed by atoms with Crippen molar-refractivity contribution >= 4 is 6.03 Å². The third-order valence-electron chi connectivity index (χ3n) is 3.96. The quantitative estimate of drug-likeness (QED) is 0.858. The van der Waals surface area contributed by atoms with Crippen molar-refractivity contribution in [1.29, 1.82) is 0 Å². The molecule has 98 valence electrons. The normalized spacial score (nSPS) is 27.1. The van der Waals surface area contributed by atoms with Crippen molar-refractivity contribution in [1.82, 2.24) is 15.0 Å². The second-order valence-corrected chi connectivity index (χ2v) is 5.05. The fourth-order valence-electron chi connectivity index (χ4n) is 2.89. The Morgan fingerprint density at radius 2 is 2.39 bits per heavy atom. The molecule has 6 nitrogen and oxygen atoms in total. The summed E-state index contributed by atoms with van der Waals surface area (Å²) in [6.07, 6.45) is 2.67. The number of rotatable bonds is 3. The van der Waals surface area contributed by atoms with Crippen molar-refractivity contribution in [2.75, 3.05) is 20.1 Å². The molecule has 18 heavy (non-hydrogen) atoms. The lowest BCUT2D eigenvalue weighted by molar-refractivity contribution is 0.177. The molecule has 0 spiro atoms. The average molecular weight is 250 g/mol. The third kappa shape index (κ3) is 1.68. The first-order chi connectivity index (χ1) is 8.70. The molecule has 3 rings (SSSR count). The molecule has 2 bridgehead atoms. The molecule has 0 unspecified atom stereocenters. The molecule has 2 saturated heterocycles. The van der Waals surface area contributed by atoms with Crippen molar-refractivity contribution in [3.05, 3.63) is 17.5 Å². The SMILES string of the molecule is CN1C(=O)N2C[C@H]1CC[C@H]2c1cc(CCN)on1. The first-order valence-corrected chi connectivity index (χ1v) is 6.39. The lowest BCUT2D eigenvalue weighted by Gasteiger charge is -2.28. The van der Waals surface area contributed by atoms with E-state index in [1.165, 1.54) is 0 Å². The second-order valence-electron chi connectivity index (χ2n) is 5.05. The van der Waals surface area contributed by atoms with Gasteiger partial charge in [-0.25, -0.2) is 4.79 Å². The molecular weight excluding hydrogens is 232 g/mol. The second kappa shape index (κ2) is 4.28. The van der Waals surface area contributed by atoms with Gasteiger partial charge in [-0.3, -0.25) is 0 Å². The Bertz CT molecular complexity index is 459. The van der Waals surface area contributed by atoms with Crippen LogP contribution in [0.1, 0.15) is 30.3 Å². The van der Waals surface area contributed by atoms with Crippen LogP contribution in [-0.4, -0.2) is 47.2 Å². The molecule has 2 atom stereocenters. The number of hydrogen-bond donors (Lipinski definition) is 1. The highest BCUT2D eigenvalue weighted by molar-refractivity contribution is 5.77. The van der Waals surface area contributed by atoms with Crippen LogP contribution in [0.4, 0.5) is 4.79 Å². The number of likely N-dealkylation sites (N-methyl/N-ethyl adjacent to an activating group) is 1. The van der Waals surface area contributed by atoms with E-state index in [0.29, 0.717) is 19.0 Å². The van der Waals surface area contributed by atoms with Gasteiger partial charge in [-0.15, -0.1) is 0 Å². The zero-order valence-electron chi connectivity index (χ0n) is 10.5. The van der Waals surface area contributed by atoms with E-state index in [1.807, 2.05) is 22.9 Å². The predicted molar refractivity (Wildman–Crippen MR) is 64.9 cm³/mol. The van der Waals surface area contributed by atoms with Crippen LogP contribution in [0.25, 0.3) is 0 Å². The molecule has 2 aliphatic heterocycles. The van der Waals surface area contributed by atoms with Crippen molar-refractivity contribution in [3.63, 3.8) is 0 Å². The van der Waals surface area contributed by atoms with Crippen molar-refractivity contribution in [2.45, 2.75) is 31.3 Å². The molecule has 2 aliphatic rings. The van der Waals surface area contributed by atoms with E-state index in [1.54, 1.807) is 0 Å². The van der Waals surface area contributed by atoms with Crippen LogP contribution in [0.3, 0.4) is 0 Å². The van der Waals surface area contributed by atoms with Crippen LogP contribution in [0, 0.1) is 0 Å². The fraction of sp³-hybridized carbons (Fsp3) is 0.667. The van der Waals surface area contributed by atoms with Gasteiger partial charge in [-0.1, -0.05) is 5.16 Å². The van der Waals surface area contributed by atoms with Crippen LogP contribution in [0.5, 0.6) is 0 Å². The minimum atomic E-state index is 0.0639. The van der Waals surface area contributed by atoms with E-state index in [4.69, 9.17) is 10.3 Å². The Kier molecular flexibility index (Phi) is 2.74. The molecule has 0 aliphatic carbocycles. The van der Waals surface area contributed by atoms with Gasteiger partial charge >= 0.3 is 6.03 Å². The van der Waals surface area contributed by atoms with Gasteiger partial charge in [0.2, 0.25) is 0 Å². The van der Waals surface area contributed by atoms with E-state index in [9.17, 15) is 4.79 Å². The Morgan fingerprint density at radius 1 is 1.56 bits per heavy atom. The number of nitrogens with two attached hydrogens (primary N) is 1. The van der Waals surface area contributed by atoms with Gasteiger partial charge in [0, 0.05) is 26.1 Å². The van der Waals surface area contributed by atoms with Gasteiger partial charge in [-0.2, -0.15) is 0 Å². The largest absolute Gasteiger partial charge is 0.361 e. The zero-order chi connectivity index (χ0) is 12.7. The van der Waals surface area contributed by atoms with Crippen LogP contribution in [0.15, 0.2) is 10.6 Å². The first kappa shape index (κ1) is 11.5. The van der Waals surface area contributed by atoms with Gasteiger partial charge in [0.25, 0.3) is 0 Å². The molecule has 1 aromatic heterocycles. The van der Waals surface area contributed by atoms with E-state index in [2.05, 4.69) is 5.16 Å². The number of nitrogens with zero attached hydrogens (tertiary/aromatic N) is 3. The Labute approximate surface area is 106 Å². The fourth-order valence-corrected chi connectivity index (χ4v) is 2.89. The molecule has 1 aromatic rings. The van der Waals surface area contributed by atoms with Gasteiger partial charge in [0.1, 0.15) is 11.5 Å².